The highest BCUT2D eigenvalue weighted by molar-refractivity contribution is 7.85. The molecule has 0 saturated carbocycles. The number of phenolic OH excluding ortho intramolecular Hbond substituents is 1. The number of methoxy groups -OCH3 is 1. The van der Waals surface area contributed by atoms with Crippen LogP contribution in [0, 0.1) is 0 Å². The van der Waals surface area contributed by atoms with E-state index in [4.69, 9.17) is 14.6 Å². The third-order valence-corrected chi connectivity index (χ3v) is 4.80. The Morgan fingerprint density at radius 2 is 2.03 bits per heavy atom. The molecule has 0 amide bonds. The van der Waals surface area contributed by atoms with Crippen LogP contribution in [0.4, 0.5) is 5.69 Å². The molecule has 0 aliphatic heterocycles. The second-order valence-corrected chi connectivity index (χ2v) is 7.41. The lowest BCUT2D eigenvalue weighted by Crippen LogP contribution is -2.10. The van der Waals surface area contributed by atoms with Crippen molar-refractivity contribution >= 4 is 38.9 Å². The molecular weight excluding hydrogens is 416 g/mol. The molecule has 0 aliphatic rings. The van der Waals surface area contributed by atoms with Crippen LogP contribution in [0.1, 0.15) is 5.56 Å². The zero-order chi connectivity index (χ0) is 21.9. The second-order valence-electron chi connectivity index (χ2n) is 5.99. The topological polar surface area (TPSA) is 156 Å². The lowest BCUT2D eigenvalue weighted by Gasteiger charge is -2.12. The van der Waals surface area contributed by atoms with E-state index in [2.05, 4.69) is 9.98 Å². The minimum Gasteiger partial charge on any atom is -0.504 e. The number of carboxylic acid groups (broad SMARTS) is 1. The molecule has 0 atom stereocenters. The Morgan fingerprint density at radius 3 is 2.70 bits per heavy atom. The molecular formula is C19H16N2O8S. The molecule has 0 unspecified atom stereocenters. The number of aliphatic imine (C=N–C) groups is 1. The minimum atomic E-state index is -4.55. The number of hydrogen-bond donors (Lipinski definition) is 3. The average molecular weight is 432 g/mol. The van der Waals surface area contributed by atoms with Gasteiger partial charge in [0.1, 0.15) is 10.6 Å². The highest BCUT2D eigenvalue weighted by Gasteiger charge is 2.18. The van der Waals surface area contributed by atoms with E-state index in [0.29, 0.717) is 11.4 Å². The summed E-state index contributed by atoms with van der Waals surface area (Å²) in [5, 5.41) is 19.6. The van der Waals surface area contributed by atoms with E-state index >= 15 is 0 Å². The molecule has 3 N–H and O–H groups in total. The van der Waals surface area contributed by atoms with Gasteiger partial charge in [-0.05, 0) is 18.2 Å². The van der Waals surface area contributed by atoms with Crippen LogP contribution in [0.3, 0.4) is 0 Å². The Hall–Kier alpha value is -3.70. The fraction of sp³-hybridized carbons (Fsp3) is 0.105. The van der Waals surface area contributed by atoms with E-state index in [1.807, 2.05) is 0 Å². The summed E-state index contributed by atoms with van der Waals surface area (Å²) in [6, 6.07) is 9.09. The first-order chi connectivity index (χ1) is 14.2. The smallest absolute Gasteiger partial charge is 0.341 e. The standard InChI is InChI=1S/C19H16N2O8S/c1-28-12-4-2-3-11(5-12)20-9-15-14-6-13(30(25,26)27)8-21-16(14)7-17(19(15)24)29-10-18(22)23/h2-9,24H,10H2,1H3,(H,22,23)(H,25,26,27). The van der Waals surface area contributed by atoms with E-state index in [9.17, 15) is 22.9 Å². The third-order valence-electron chi connectivity index (χ3n) is 3.98. The zero-order valence-electron chi connectivity index (χ0n) is 15.5. The average Bonchev–Trinajstić information content (AvgIpc) is 2.70. The summed E-state index contributed by atoms with van der Waals surface area (Å²) in [5.41, 5.74) is 0.680. The Kier molecular flexibility index (Phi) is 5.85. The van der Waals surface area contributed by atoms with Crippen molar-refractivity contribution in [3.63, 3.8) is 0 Å². The monoisotopic (exact) mass is 432 g/mol. The largest absolute Gasteiger partial charge is 0.504 e. The van der Waals surface area contributed by atoms with Crippen LogP contribution in [-0.2, 0) is 14.9 Å². The number of aromatic nitrogens is 1. The SMILES string of the molecule is COc1cccc(N=Cc2c(O)c(OCC(=O)O)cc3ncc(S(=O)(=O)O)cc23)c1. The fourth-order valence-electron chi connectivity index (χ4n) is 2.59. The highest BCUT2D eigenvalue weighted by Crippen LogP contribution is 2.36. The number of aliphatic carboxylic acids is 1. The van der Waals surface area contributed by atoms with Crippen LogP contribution in [0.5, 0.6) is 17.2 Å². The molecule has 1 heterocycles. The van der Waals surface area contributed by atoms with Crippen molar-refractivity contribution in [1.82, 2.24) is 4.98 Å². The number of carboxylic acids is 1. The van der Waals surface area contributed by atoms with Gasteiger partial charge in [0, 0.05) is 35.5 Å². The Labute approximate surface area is 170 Å². The summed E-state index contributed by atoms with van der Waals surface area (Å²) < 4.78 is 42.5. The molecule has 1 aromatic heterocycles. The molecule has 2 aromatic carbocycles. The molecule has 156 valence electrons. The first-order valence-corrected chi connectivity index (χ1v) is 9.79. The molecule has 0 aliphatic carbocycles. The number of nitrogens with zero attached hydrogens (tertiary/aromatic N) is 2. The Bertz CT molecular complexity index is 1250. The number of benzene rings is 2. The lowest BCUT2D eigenvalue weighted by atomic mass is 10.1. The molecule has 11 heteroatoms. The van der Waals surface area contributed by atoms with Gasteiger partial charge in [0.2, 0.25) is 0 Å². The van der Waals surface area contributed by atoms with Crippen molar-refractivity contribution in [2.24, 2.45) is 4.99 Å². The number of hydrogen-bond acceptors (Lipinski definition) is 8. The number of ether oxygens (including phenoxy) is 2. The summed E-state index contributed by atoms with van der Waals surface area (Å²) in [6.07, 6.45) is 2.17. The summed E-state index contributed by atoms with van der Waals surface area (Å²) in [4.78, 5) is 18.5. The van der Waals surface area contributed by atoms with Crippen LogP contribution in [0.15, 0.2) is 52.5 Å². The van der Waals surface area contributed by atoms with Crippen molar-refractivity contribution in [1.29, 1.82) is 0 Å². The summed E-state index contributed by atoms with van der Waals surface area (Å²) in [6.45, 7) is -0.714. The molecule has 0 saturated heterocycles. The van der Waals surface area contributed by atoms with Crippen LogP contribution >= 0.6 is 0 Å². The van der Waals surface area contributed by atoms with Crippen molar-refractivity contribution in [2.45, 2.75) is 4.90 Å². The van der Waals surface area contributed by atoms with Gasteiger partial charge in [-0.25, -0.2) is 4.79 Å². The molecule has 10 nitrogen and oxygen atoms in total. The zero-order valence-corrected chi connectivity index (χ0v) is 16.3. The van der Waals surface area contributed by atoms with E-state index in [1.165, 1.54) is 19.4 Å². The molecule has 3 aromatic rings. The Morgan fingerprint density at radius 1 is 1.27 bits per heavy atom. The maximum Gasteiger partial charge on any atom is 0.341 e. The van der Waals surface area contributed by atoms with Crippen molar-refractivity contribution < 1.29 is 37.5 Å². The number of fused-ring (bicyclic) bond motifs is 1. The van der Waals surface area contributed by atoms with Gasteiger partial charge < -0.3 is 19.7 Å². The number of phenols is 1. The van der Waals surface area contributed by atoms with E-state index < -0.39 is 33.3 Å². The maximum atomic E-state index is 11.5. The second kappa shape index (κ2) is 8.35. The number of aromatic hydroxyl groups is 1. The van der Waals surface area contributed by atoms with Crippen LogP contribution in [0.25, 0.3) is 10.9 Å². The molecule has 0 spiro atoms. The van der Waals surface area contributed by atoms with Gasteiger partial charge in [-0.15, -0.1) is 0 Å². The summed E-state index contributed by atoms with van der Waals surface area (Å²) in [7, 11) is -3.05. The normalized spacial score (nSPS) is 11.7. The summed E-state index contributed by atoms with van der Waals surface area (Å²) in [5.74, 6) is -1.35. The van der Waals surface area contributed by atoms with Crippen molar-refractivity contribution in [3.05, 3.63) is 48.2 Å². The minimum absolute atomic E-state index is 0.0220. The number of pyridine rings is 1. The van der Waals surface area contributed by atoms with Crippen LogP contribution in [-0.4, -0.2) is 54.1 Å². The third kappa shape index (κ3) is 4.64. The first kappa shape index (κ1) is 21.0. The molecule has 0 bridgehead atoms. The van der Waals surface area contributed by atoms with E-state index in [-0.39, 0.29) is 22.2 Å². The van der Waals surface area contributed by atoms with Gasteiger partial charge in [-0.1, -0.05) is 6.07 Å². The van der Waals surface area contributed by atoms with Gasteiger partial charge in [0.05, 0.1) is 18.3 Å². The van der Waals surface area contributed by atoms with E-state index in [1.54, 1.807) is 24.3 Å². The Balaban J connectivity index is 2.19. The van der Waals surface area contributed by atoms with E-state index in [0.717, 1.165) is 12.3 Å². The predicted molar refractivity (Wildman–Crippen MR) is 107 cm³/mol. The molecule has 3 rings (SSSR count). The highest BCUT2D eigenvalue weighted by atomic mass is 32.2. The molecule has 0 fully saturated rings. The van der Waals surface area contributed by atoms with Gasteiger partial charge in [-0.3, -0.25) is 14.5 Å². The van der Waals surface area contributed by atoms with Crippen LogP contribution in [0.2, 0.25) is 0 Å². The predicted octanol–water partition coefficient (Wildman–Crippen LogP) is 2.41. The first-order valence-electron chi connectivity index (χ1n) is 8.35. The van der Waals surface area contributed by atoms with Gasteiger partial charge >= 0.3 is 5.97 Å². The van der Waals surface area contributed by atoms with Crippen molar-refractivity contribution in [3.8, 4) is 17.2 Å². The molecule has 30 heavy (non-hydrogen) atoms. The number of carbonyl (C=O) groups is 1. The van der Waals surface area contributed by atoms with Crippen LogP contribution < -0.4 is 9.47 Å². The lowest BCUT2D eigenvalue weighted by molar-refractivity contribution is -0.139. The fourth-order valence-corrected chi connectivity index (χ4v) is 3.04. The van der Waals surface area contributed by atoms with Gasteiger partial charge in [0.25, 0.3) is 10.1 Å². The number of rotatable bonds is 7. The van der Waals surface area contributed by atoms with Gasteiger partial charge in [0.15, 0.2) is 18.1 Å². The maximum absolute atomic E-state index is 11.5. The summed E-state index contributed by atoms with van der Waals surface area (Å²) >= 11 is 0. The van der Waals surface area contributed by atoms with Crippen molar-refractivity contribution in [2.75, 3.05) is 13.7 Å². The quantitative estimate of drug-likeness (QED) is 0.377. The molecule has 0 radical (unpaired) electrons. The van der Waals surface area contributed by atoms with Gasteiger partial charge in [-0.2, -0.15) is 8.42 Å².